The Labute approximate surface area is 171 Å². The van der Waals surface area contributed by atoms with Crippen LogP contribution in [0.25, 0.3) is 5.69 Å². The first-order valence-electron chi connectivity index (χ1n) is 9.49. The third-order valence-corrected chi connectivity index (χ3v) is 5.15. The lowest BCUT2D eigenvalue weighted by molar-refractivity contribution is -0.139. The fourth-order valence-corrected chi connectivity index (χ4v) is 3.75. The zero-order chi connectivity index (χ0) is 22.1. The van der Waals surface area contributed by atoms with Crippen molar-refractivity contribution >= 4 is 11.9 Å². The van der Waals surface area contributed by atoms with Crippen molar-refractivity contribution in [3.05, 3.63) is 58.9 Å². The molecule has 2 N–H and O–H groups in total. The lowest BCUT2D eigenvalue weighted by Gasteiger charge is -2.15. The van der Waals surface area contributed by atoms with Crippen LogP contribution >= 0.6 is 0 Å². The lowest BCUT2D eigenvalue weighted by atomic mass is 9.96. The monoisotopic (exact) mass is 421 g/mol. The summed E-state index contributed by atoms with van der Waals surface area (Å²) in [4.78, 5) is 22.4. The molecule has 1 aliphatic carbocycles. The molecular formula is C21H22F3N3O3. The van der Waals surface area contributed by atoms with Gasteiger partial charge >= 0.3 is 12.1 Å². The van der Waals surface area contributed by atoms with Gasteiger partial charge in [0.05, 0.1) is 23.4 Å². The lowest BCUT2D eigenvalue weighted by Crippen LogP contribution is -2.32. The molecule has 2 aromatic rings. The highest BCUT2D eigenvalue weighted by Gasteiger charge is 2.30. The third-order valence-electron chi connectivity index (χ3n) is 5.15. The predicted octanol–water partition coefficient (Wildman–Crippen LogP) is 3.90. The minimum Gasteiger partial charge on any atom is -0.481 e. The van der Waals surface area contributed by atoms with E-state index in [1.807, 2.05) is 26.0 Å². The van der Waals surface area contributed by atoms with Crippen LogP contribution in [-0.2, 0) is 15.8 Å². The molecule has 1 aliphatic rings. The smallest absolute Gasteiger partial charge is 0.416 e. The molecule has 2 atom stereocenters. The number of halogens is 3. The van der Waals surface area contributed by atoms with Crippen LogP contribution < -0.4 is 5.32 Å². The number of hydrogen-bond donors (Lipinski definition) is 2. The molecule has 3 rings (SSSR count). The maximum Gasteiger partial charge on any atom is 0.416 e. The zero-order valence-electron chi connectivity index (χ0n) is 16.5. The van der Waals surface area contributed by atoms with Crippen molar-refractivity contribution in [2.24, 2.45) is 0 Å². The van der Waals surface area contributed by atoms with Gasteiger partial charge in [0.15, 0.2) is 0 Å². The van der Waals surface area contributed by atoms with Gasteiger partial charge in [-0.25, -0.2) is 4.68 Å². The van der Waals surface area contributed by atoms with E-state index in [0.717, 1.165) is 29.1 Å². The van der Waals surface area contributed by atoms with E-state index in [1.54, 1.807) is 4.68 Å². The number of nitrogens with one attached hydrogen (secondary N) is 1. The standard InChI is InChI=1S/C21H22F3N3O3/c1-12-20(14-3-6-16(11-14)25-18(28)9-10-19(29)30)13(2)27(26-12)17-7-4-15(5-8-17)21(22,23)24/h3-8,14,16H,9-11H2,1-2H3,(H,25,28)(H,29,30)/t14-,16+/m0/s1. The highest BCUT2D eigenvalue weighted by molar-refractivity contribution is 5.81. The van der Waals surface area contributed by atoms with Gasteiger partial charge < -0.3 is 10.4 Å². The molecule has 0 unspecified atom stereocenters. The van der Waals surface area contributed by atoms with E-state index in [9.17, 15) is 22.8 Å². The Morgan fingerprint density at radius 2 is 1.83 bits per heavy atom. The van der Waals surface area contributed by atoms with E-state index < -0.39 is 17.7 Å². The van der Waals surface area contributed by atoms with Gasteiger partial charge in [-0.1, -0.05) is 12.2 Å². The first-order valence-corrected chi connectivity index (χ1v) is 9.49. The Bertz CT molecular complexity index is 978. The molecule has 1 heterocycles. The molecule has 0 fully saturated rings. The van der Waals surface area contributed by atoms with Crippen molar-refractivity contribution in [3.63, 3.8) is 0 Å². The molecule has 0 spiro atoms. The van der Waals surface area contributed by atoms with Crippen molar-refractivity contribution in [1.82, 2.24) is 15.1 Å². The number of benzene rings is 1. The van der Waals surface area contributed by atoms with Gasteiger partial charge in [-0.05, 0) is 44.5 Å². The van der Waals surface area contributed by atoms with E-state index in [-0.39, 0.29) is 30.7 Å². The second-order valence-electron chi connectivity index (χ2n) is 7.34. The van der Waals surface area contributed by atoms with Crippen molar-refractivity contribution in [1.29, 1.82) is 0 Å². The molecule has 0 radical (unpaired) electrons. The molecular weight excluding hydrogens is 399 g/mol. The number of amides is 1. The Kier molecular flexibility index (Phi) is 6.00. The highest BCUT2D eigenvalue weighted by atomic mass is 19.4. The average molecular weight is 421 g/mol. The van der Waals surface area contributed by atoms with Crippen LogP contribution in [0.4, 0.5) is 13.2 Å². The number of carboxylic acids is 1. The Balaban J connectivity index is 1.73. The largest absolute Gasteiger partial charge is 0.481 e. The van der Waals surface area contributed by atoms with Gasteiger partial charge in [0.1, 0.15) is 0 Å². The van der Waals surface area contributed by atoms with Crippen LogP contribution in [0.15, 0.2) is 36.4 Å². The molecule has 1 aromatic carbocycles. The number of rotatable bonds is 6. The summed E-state index contributed by atoms with van der Waals surface area (Å²) in [6, 6.07) is 4.64. The van der Waals surface area contributed by atoms with Gasteiger partial charge in [0.2, 0.25) is 5.91 Å². The van der Waals surface area contributed by atoms with Crippen LogP contribution in [0, 0.1) is 13.8 Å². The minimum atomic E-state index is -4.39. The fourth-order valence-electron chi connectivity index (χ4n) is 3.75. The summed E-state index contributed by atoms with van der Waals surface area (Å²) in [5.41, 5.74) is 2.37. The first kappa shape index (κ1) is 21.6. The fraction of sp³-hybridized carbons (Fsp3) is 0.381. The maximum absolute atomic E-state index is 12.8. The number of allylic oxidation sites excluding steroid dienone is 1. The van der Waals surface area contributed by atoms with E-state index in [1.165, 1.54) is 12.1 Å². The number of carboxylic acid groups (broad SMARTS) is 1. The normalized spacial score (nSPS) is 18.6. The molecule has 6 nitrogen and oxygen atoms in total. The Morgan fingerprint density at radius 1 is 1.17 bits per heavy atom. The number of carbonyl (C=O) groups excluding carboxylic acids is 1. The van der Waals surface area contributed by atoms with Gasteiger partial charge in [-0.2, -0.15) is 18.3 Å². The topological polar surface area (TPSA) is 84.2 Å². The summed E-state index contributed by atoms with van der Waals surface area (Å²) in [6.45, 7) is 3.70. The SMILES string of the molecule is Cc1nn(-c2ccc(C(F)(F)F)cc2)c(C)c1[C@H]1C=C[C@@H](NC(=O)CCC(=O)O)C1. The molecule has 30 heavy (non-hydrogen) atoms. The minimum absolute atomic E-state index is 0.00188. The van der Waals surface area contributed by atoms with E-state index in [0.29, 0.717) is 12.1 Å². The number of carbonyl (C=O) groups is 2. The highest BCUT2D eigenvalue weighted by Crippen LogP contribution is 2.34. The van der Waals surface area contributed by atoms with Crippen molar-refractivity contribution in [3.8, 4) is 5.69 Å². The molecule has 1 amide bonds. The quantitative estimate of drug-likeness (QED) is 0.693. The second-order valence-corrected chi connectivity index (χ2v) is 7.34. The number of aliphatic carboxylic acids is 1. The summed E-state index contributed by atoms with van der Waals surface area (Å²) in [5.74, 6) is -1.34. The van der Waals surface area contributed by atoms with E-state index in [2.05, 4.69) is 10.4 Å². The van der Waals surface area contributed by atoms with E-state index >= 15 is 0 Å². The van der Waals surface area contributed by atoms with Gasteiger partial charge in [0, 0.05) is 29.6 Å². The average Bonchev–Trinajstić information content (AvgIpc) is 3.23. The molecule has 160 valence electrons. The van der Waals surface area contributed by atoms with Crippen LogP contribution in [0.2, 0.25) is 0 Å². The van der Waals surface area contributed by atoms with Crippen LogP contribution in [-0.4, -0.2) is 32.8 Å². The van der Waals surface area contributed by atoms with Crippen LogP contribution in [0.5, 0.6) is 0 Å². The number of nitrogens with zero attached hydrogens (tertiary/aromatic N) is 2. The Morgan fingerprint density at radius 3 is 2.43 bits per heavy atom. The summed E-state index contributed by atoms with van der Waals surface area (Å²) in [5, 5.41) is 16.0. The molecule has 0 saturated carbocycles. The van der Waals surface area contributed by atoms with Gasteiger partial charge in [-0.3, -0.25) is 9.59 Å². The molecule has 0 saturated heterocycles. The van der Waals surface area contributed by atoms with Crippen LogP contribution in [0.1, 0.15) is 47.7 Å². The number of hydrogen-bond acceptors (Lipinski definition) is 3. The third kappa shape index (κ3) is 4.72. The number of alkyl halides is 3. The summed E-state index contributed by atoms with van der Waals surface area (Å²) in [7, 11) is 0. The molecule has 1 aromatic heterocycles. The maximum atomic E-state index is 12.8. The number of aryl methyl sites for hydroxylation is 1. The summed E-state index contributed by atoms with van der Waals surface area (Å²) in [6.07, 6.45) is -0.234. The van der Waals surface area contributed by atoms with Crippen molar-refractivity contribution < 1.29 is 27.9 Å². The predicted molar refractivity (Wildman–Crippen MR) is 103 cm³/mol. The molecule has 0 aliphatic heterocycles. The molecule has 0 bridgehead atoms. The Hall–Kier alpha value is -3.10. The van der Waals surface area contributed by atoms with Crippen molar-refractivity contribution in [2.45, 2.75) is 51.2 Å². The van der Waals surface area contributed by atoms with Gasteiger partial charge in [-0.15, -0.1) is 0 Å². The first-order chi connectivity index (χ1) is 14.1. The molecule has 9 heteroatoms. The van der Waals surface area contributed by atoms with Crippen molar-refractivity contribution in [2.75, 3.05) is 0 Å². The van der Waals surface area contributed by atoms with Gasteiger partial charge in [0.25, 0.3) is 0 Å². The van der Waals surface area contributed by atoms with E-state index in [4.69, 9.17) is 5.11 Å². The van der Waals surface area contributed by atoms with Crippen LogP contribution in [0.3, 0.4) is 0 Å². The number of aromatic nitrogens is 2. The summed E-state index contributed by atoms with van der Waals surface area (Å²) < 4.78 is 40.0. The summed E-state index contributed by atoms with van der Waals surface area (Å²) >= 11 is 0. The second kappa shape index (κ2) is 8.33. The zero-order valence-corrected chi connectivity index (χ0v) is 16.5.